The molecule has 0 spiro atoms. The molecule has 1 aliphatic carbocycles. The van der Waals surface area contributed by atoms with Crippen LogP contribution in [0.1, 0.15) is 22.3 Å². The molecule has 1 saturated carbocycles. The summed E-state index contributed by atoms with van der Waals surface area (Å²) in [5, 5.41) is 3.55. The fourth-order valence-electron chi connectivity index (χ4n) is 2.90. The number of amides is 1. The van der Waals surface area contributed by atoms with Crippen molar-refractivity contribution in [3.8, 4) is 0 Å². The number of hydrogen-bond donors (Lipinski definition) is 2. The standard InChI is InChI=1S/C14H17ClN2O2/c1-7-2-3-8(6-10(7)15)14(18)17-12-11(16)9-4-5-19-13(9)12/h2-3,6,9,11-13H,4-5,16H2,1H3,(H,17,18). The minimum absolute atomic E-state index is 0.00243. The van der Waals surface area contributed by atoms with Gasteiger partial charge >= 0.3 is 0 Å². The second kappa shape index (κ2) is 4.78. The monoisotopic (exact) mass is 280 g/mol. The summed E-state index contributed by atoms with van der Waals surface area (Å²) >= 11 is 6.03. The van der Waals surface area contributed by atoms with E-state index in [1.165, 1.54) is 0 Å². The van der Waals surface area contributed by atoms with E-state index in [-0.39, 0.29) is 24.1 Å². The van der Waals surface area contributed by atoms with E-state index in [0.717, 1.165) is 18.6 Å². The number of aryl methyl sites for hydroxylation is 1. The van der Waals surface area contributed by atoms with E-state index in [1.807, 2.05) is 13.0 Å². The van der Waals surface area contributed by atoms with E-state index in [0.29, 0.717) is 16.5 Å². The number of carbonyl (C=O) groups excluding carboxylic acids is 1. The Bertz CT molecular complexity index is 520. The molecule has 1 aromatic carbocycles. The zero-order valence-electron chi connectivity index (χ0n) is 10.7. The molecule has 1 amide bonds. The van der Waals surface area contributed by atoms with Crippen LogP contribution in [0.5, 0.6) is 0 Å². The molecule has 1 aliphatic heterocycles. The van der Waals surface area contributed by atoms with Gasteiger partial charge in [0.15, 0.2) is 0 Å². The van der Waals surface area contributed by atoms with Crippen LogP contribution >= 0.6 is 11.6 Å². The Hall–Kier alpha value is -1.10. The number of halogens is 1. The van der Waals surface area contributed by atoms with Crippen molar-refractivity contribution in [2.45, 2.75) is 31.5 Å². The van der Waals surface area contributed by atoms with Gasteiger partial charge in [0.25, 0.3) is 5.91 Å². The number of hydrogen-bond acceptors (Lipinski definition) is 3. The molecule has 1 saturated heterocycles. The first kappa shape index (κ1) is 12.9. The third-order valence-corrected chi connectivity index (χ3v) is 4.59. The number of rotatable bonds is 2. The van der Waals surface area contributed by atoms with Crippen LogP contribution in [0.3, 0.4) is 0 Å². The molecule has 4 atom stereocenters. The molecular formula is C14H17ClN2O2. The van der Waals surface area contributed by atoms with Gasteiger partial charge < -0.3 is 15.8 Å². The fraction of sp³-hybridized carbons (Fsp3) is 0.500. The number of ether oxygens (including phenoxy) is 1. The maximum Gasteiger partial charge on any atom is 0.251 e. The predicted octanol–water partition coefficient (Wildman–Crippen LogP) is 1.49. The van der Waals surface area contributed by atoms with Crippen molar-refractivity contribution in [2.24, 2.45) is 11.7 Å². The summed E-state index contributed by atoms with van der Waals surface area (Å²) in [4.78, 5) is 12.2. The number of benzene rings is 1. The maximum atomic E-state index is 12.2. The van der Waals surface area contributed by atoms with Crippen LogP contribution in [-0.4, -0.2) is 30.7 Å². The van der Waals surface area contributed by atoms with Crippen molar-refractivity contribution in [1.29, 1.82) is 0 Å². The van der Waals surface area contributed by atoms with E-state index >= 15 is 0 Å². The zero-order chi connectivity index (χ0) is 13.6. The van der Waals surface area contributed by atoms with Crippen molar-refractivity contribution in [3.05, 3.63) is 34.3 Å². The Morgan fingerprint density at radius 2 is 2.32 bits per heavy atom. The lowest BCUT2D eigenvalue weighted by atomic mass is 9.72. The van der Waals surface area contributed by atoms with Crippen LogP contribution in [0.15, 0.2) is 18.2 Å². The summed E-state index contributed by atoms with van der Waals surface area (Å²) in [6, 6.07) is 5.21. The van der Waals surface area contributed by atoms with E-state index < -0.39 is 0 Å². The minimum atomic E-state index is -0.142. The number of fused-ring (bicyclic) bond motifs is 1. The maximum absolute atomic E-state index is 12.2. The number of nitrogens with two attached hydrogens (primary N) is 1. The van der Waals surface area contributed by atoms with Crippen molar-refractivity contribution in [2.75, 3.05) is 6.61 Å². The lowest BCUT2D eigenvalue weighted by Crippen LogP contribution is -2.68. The number of carbonyl (C=O) groups is 1. The average Bonchev–Trinajstić information content (AvgIpc) is 2.83. The van der Waals surface area contributed by atoms with Crippen molar-refractivity contribution in [1.82, 2.24) is 5.32 Å². The first-order valence-electron chi connectivity index (χ1n) is 6.52. The van der Waals surface area contributed by atoms with Gasteiger partial charge in [-0.2, -0.15) is 0 Å². The molecule has 19 heavy (non-hydrogen) atoms. The Labute approximate surface area is 117 Å². The molecule has 0 bridgehead atoms. The highest BCUT2D eigenvalue weighted by Crippen LogP contribution is 2.37. The molecule has 102 valence electrons. The largest absolute Gasteiger partial charge is 0.376 e. The van der Waals surface area contributed by atoms with Gasteiger partial charge in [-0.25, -0.2) is 0 Å². The highest BCUT2D eigenvalue weighted by molar-refractivity contribution is 6.31. The molecular weight excluding hydrogens is 264 g/mol. The van der Waals surface area contributed by atoms with Crippen LogP contribution < -0.4 is 11.1 Å². The van der Waals surface area contributed by atoms with Crippen LogP contribution in [0.25, 0.3) is 0 Å². The third kappa shape index (κ3) is 2.14. The van der Waals surface area contributed by atoms with Crippen LogP contribution in [0, 0.1) is 12.8 Å². The van der Waals surface area contributed by atoms with Crippen molar-refractivity contribution >= 4 is 17.5 Å². The van der Waals surface area contributed by atoms with E-state index in [4.69, 9.17) is 22.1 Å². The fourth-order valence-corrected chi connectivity index (χ4v) is 3.08. The highest BCUT2D eigenvalue weighted by atomic mass is 35.5. The van der Waals surface area contributed by atoms with E-state index in [9.17, 15) is 4.79 Å². The first-order chi connectivity index (χ1) is 9.08. The molecule has 3 N–H and O–H groups in total. The first-order valence-corrected chi connectivity index (χ1v) is 6.90. The van der Waals surface area contributed by atoms with E-state index in [1.54, 1.807) is 12.1 Å². The van der Waals surface area contributed by atoms with Gasteiger partial charge in [-0.1, -0.05) is 17.7 Å². The number of nitrogens with one attached hydrogen (secondary N) is 1. The summed E-state index contributed by atoms with van der Waals surface area (Å²) in [6.07, 6.45) is 1.08. The summed E-state index contributed by atoms with van der Waals surface area (Å²) in [7, 11) is 0. The molecule has 2 fully saturated rings. The Morgan fingerprint density at radius 1 is 1.53 bits per heavy atom. The average molecular weight is 281 g/mol. The molecule has 4 nitrogen and oxygen atoms in total. The molecule has 0 radical (unpaired) electrons. The molecule has 3 rings (SSSR count). The second-order valence-electron chi connectivity index (χ2n) is 5.33. The summed E-state index contributed by atoms with van der Waals surface area (Å²) in [6.45, 7) is 2.65. The Morgan fingerprint density at radius 3 is 3.05 bits per heavy atom. The molecule has 1 aromatic rings. The van der Waals surface area contributed by atoms with Gasteiger partial charge in [-0.15, -0.1) is 0 Å². The molecule has 1 heterocycles. The quantitative estimate of drug-likeness (QED) is 0.863. The third-order valence-electron chi connectivity index (χ3n) is 4.18. The van der Waals surface area contributed by atoms with Gasteiger partial charge in [0, 0.05) is 29.2 Å². The summed E-state index contributed by atoms with van der Waals surface area (Å²) < 4.78 is 5.59. The molecule has 5 heteroatoms. The lowest BCUT2D eigenvalue weighted by Gasteiger charge is -2.45. The minimum Gasteiger partial charge on any atom is -0.376 e. The van der Waals surface area contributed by atoms with Gasteiger partial charge in [0.05, 0.1) is 12.1 Å². The second-order valence-corrected chi connectivity index (χ2v) is 5.74. The lowest BCUT2D eigenvalue weighted by molar-refractivity contribution is -0.0161. The summed E-state index contributed by atoms with van der Waals surface area (Å²) in [5.74, 6) is 0.253. The highest BCUT2D eigenvalue weighted by Gasteiger charge is 2.52. The van der Waals surface area contributed by atoms with Gasteiger partial charge in [0.1, 0.15) is 0 Å². The Kier molecular flexibility index (Phi) is 3.25. The van der Waals surface area contributed by atoms with Gasteiger partial charge in [-0.05, 0) is 31.0 Å². The summed E-state index contributed by atoms with van der Waals surface area (Å²) in [5.41, 5.74) is 7.58. The molecule has 2 aliphatic rings. The van der Waals surface area contributed by atoms with Crippen LogP contribution in [-0.2, 0) is 4.74 Å². The van der Waals surface area contributed by atoms with Crippen molar-refractivity contribution < 1.29 is 9.53 Å². The van der Waals surface area contributed by atoms with Crippen LogP contribution in [0.2, 0.25) is 5.02 Å². The topological polar surface area (TPSA) is 64.4 Å². The van der Waals surface area contributed by atoms with Crippen LogP contribution in [0.4, 0.5) is 0 Å². The molecule has 0 aromatic heterocycles. The zero-order valence-corrected chi connectivity index (χ0v) is 11.5. The van der Waals surface area contributed by atoms with E-state index in [2.05, 4.69) is 5.32 Å². The van der Waals surface area contributed by atoms with Crippen molar-refractivity contribution in [3.63, 3.8) is 0 Å². The smallest absolute Gasteiger partial charge is 0.251 e. The molecule has 4 unspecified atom stereocenters. The van der Waals surface area contributed by atoms with Gasteiger partial charge in [-0.3, -0.25) is 4.79 Å². The SMILES string of the molecule is Cc1ccc(C(=O)NC2C(N)C3CCOC32)cc1Cl. The van der Waals surface area contributed by atoms with Gasteiger partial charge in [0.2, 0.25) is 0 Å². The Balaban J connectivity index is 1.70. The predicted molar refractivity (Wildman–Crippen MR) is 73.3 cm³/mol. The normalized spacial score (nSPS) is 32.6.